The van der Waals surface area contributed by atoms with Gasteiger partial charge in [0, 0.05) is 0 Å². The maximum absolute atomic E-state index is 13.1. The number of hydrogen-bond acceptors (Lipinski definition) is 1. The Balaban J connectivity index is 5.38. The van der Waals surface area contributed by atoms with Crippen molar-refractivity contribution in [1.29, 1.82) is 0 Å². The maximum Gasteiger partial charge on any atom is 0.454 e. The fourth-order valence-electron chi connectivity index (χ4n) is 1.44. The van der Waals surface area contributed by atoms with Crippen LogP contribution in [0, 0.1) is 0 Å². The molecule has 0 saturated heterocycles. The molecule has 0 spiro atoms. The number of rotatable bonds is 6. The Labute approximate surface area is 118 Å². The molecular weight excluding hydrogens is 342 g/mol. The minimum absolute atomic E-state index is 0.683. The summed E-state index contributed by atoms with van der Waals surface area (Å²) in [6.45, 7) is 1.71. The van der Waals surface area contributed by atoms with Crippen LogP contribution in [0.2, 0.25) is 0 Å². The second-order valence-corrected chi connectivity index (χ2v) is 5.58. The molecule has 0 rings (SSSR count). The molecule has 0 aliphatic heterocycles. The molecule has 0 fully saturated rings. The number of alkyl halides is 10. The molecule has 0 aromatic carbocycles. The largest absolute Gasteiger partial charge is 0.454 e. The molecule has 0 nitrogen and oxygen atoms in total. The van der Waals surface area contributed by atoms with Crippen LogP contribution in [0.1, 0.15) is 26.7 Å². The van der Waals surface area contributed by atoms with E-state index in [0.717, 1.165) is 13.8 Å². The van der Waals surface area contributed by atoms with Crippen LogP contribution >= 0.6 is 11.8 Å². The van der Waals surface area contributed by atoms with Crippen molar-refractivity contribution in [1.82, 2.24) is 0 Å². The van der Waals surface area contributed by atoms with Gasteiger partial charge in [0.15, 0.2) is 0 Å². The molecule has 0 heterocycles. The van der Waals surface area contributed by atoms with Crippen molar-refractivity contribution in [2.24, 2.45) is 0 Å². The fraction of sp³-hybridized carbons (Fsp3) is 1.00. The average Bonchev–Trinajstić information content (AvgIpc) is 2.26. The van der Waals surface area contributed by atoms with Crippen molar-refractivity contribution in [2.45, 2.75) is 61.4 Å². The van der Waals surface area contributed by atoms with Gasteiger partial charge in [0.1, 0.15) is 0 Å². The molecule has 0 aromatic rings. The molecule has 128 valence electrons. The van der Waals surface area contributed by atoms with E-state index in [-0.39, 0.29) is 0 Å². The zero-order chi connectivity index (χ0) is 17.3. The Morgan fingerprint density at radius 2 is 0.857 bits per heavy atom. The number of hydrogen-bond donors (Lipinski definition) is 0. The second-order valence-electron chi connectivity index (χ2n) is 4.17. The first-order valence-electron chi connectivity index (χ1n) is 5.67. The topological polar surface area (TPSA) is 0 Å². The highest BCUT2D eigenvalue weighted by molar-refractivity contribution is 8.00. The third-order valence-electron chi connectivity index (χ3n) is 2.63. The molecule has 0 saturated carbocycles. The Kier molecular flexibility index (Phi) is 6.30. The summed E-state index contributed by atoms with van der Waals surface area (Å²) in [4.78, 5) is 0. The second kappa shape index (κ2) is 6.41. The summed E-state index contributed by atoms with van der Waals surface area (Å²) in [6.07, 6.45) is -13.9. The molecule has 0 amide bonds. The van der Waals surface area contributed by atoms with E-state index in [1.165, 1.54) is 0 Å². The molecule has 2 atom stereocenters. The minimum Gasteiger partial charge on any atom is -0.195 e. The predicted molar refractivity (Wildman–Crippen MR) is 57.8 cm³/mol. The lowest BCUT2D eigenvalue weighted by atomic mass is 10.1. The van der Waals surface area contributed by atoms with Crippen molar-refractivity contribution in [3.63, 3.8) is 0 Å². The van der Waals surface area contributed by atoms with E-state index in [4.69, 9.17) is 0 Å². The lowest BCUT2D eigenvalue weighted by molar-refractivity contribution is -0.285. The van der Waals surface area contributed by atoms with E-state index < -0.39 is 59.3 Å². The highest BCUT2D eigenvalue weighted by Gasteiger charge is 2.66. The molecule has 0 aliphatic rings. The smallest absolute Gasteiger partial charge is 0.195 e. The van der Waals surface area contributed by atoms with Crippen molar-refractivity contribution >= 4 is 11.8 Å². The van der Waals surface area contributed by atoms with Crippen LogP contribution < -0.4 is 0 Å². The molecule has 0 N–H and O–H groups in total. The molecule has 0 radical (unpaired) electrons. The predicted octanol–water partition coefficient (Wildman–Crippen LogP) is 5.67. The van der Waals surface area contributed by atoms with Crippen molar-refractivity contribution in [2.75, 3.05) is 0 Å². The summed E-state index contributed by atoms with van der Waals surface area (Å²) >= 11 is -0.683. The summed E-state index contributed by atoms with van der Waals surface area (Å²) in [5.41, 5.74) is 0. The zero-order valence-electron chi connectivity index (χ0n) is 10.8. The van der Waals surface area contributed by atoms with Gasteiger partial charge in [0.25, 0.3) is 0 Å². The first kappa shape index (κ1) is 20.6. The summed E-state index contributed by atoms with van der Waals surface area (Å²) < 4.78 is 126. The van der Waals surface area contributed by atoms with Gasteiger partial charge in [-0.2, -0.15) is 43.9 Å². The van der Waals surface area contributed by atoms with Crippen LogP contribution in [0.5, 0.6) is 0 Å². The fourth-order valence-corrected chi connectivity index (χ4v) is 2.83. The van der Waals surface area contributed by atoms with E-state index in [9.17, 15) is 43.9 Å². The molecule has 0 aliphatic carbocycles. The van der Waals surface area contributed by atoms with E-state index in [1.54, 1.807) is 0 Å². The quantitative estimate of drug-likeness (QED) is 0.554. The Hall–Kier alpha value is -0.350. The van der Waals surface area contributed by atoms with Gasteiger partial charge in [-0.25, -0.2) is 0 Å². The normalized spacial score (nSPS) is 17.7. The van der Waals surface area contributed by atoms with Gasteiger partial charge in [-0.05, 0) is 12.8 Å². The standard InChI is InChI=1S/C10H12F10S/c1-3-5(7(11,12)9(15,16)17)21-6(4-2)8(13,14)10(18,19)20/h5-6H,3-4H2,1-2H3. The molecular formula is C10H12F10S. The van der Waals surface area contributed by atoms with Gasteiger partial charge < -0.3 is 0 Å². The van der Waals surface area contributed by atoms with Crippen LogP contribution in [-0.2, 0) is 0 Å². The third-order valence-corrected chi connectivity index (χ3v) is 4.55. The monoisotopic (exact) mass is 354 g/mol. The SMILES string of the molecule is CCC(SC(CC)C(F)(F)C(F)(F)F)C(F)(F)C(F)(F)F. The molecule has 2 unspecified atom stereocenters. The van der Waals surface area contributed by atoms with Crippen LogP contribution in [0.3, 0.4) is 0 Å². The van der Waals surface area contributed by atoms with Gasteiger partial charge in [-0.3, -0.25) is 0 Å². The summed E-state index contributed by atoms with van der Waals surface area (Å²) in [7, 11) is 0. The summed E-state index contributed by atoms with van der Waals surface area (Å²) in [6, 6.07) is 0. The lowest BCUT2D eigenvalue weighted by Gasteiger charge is -2.33. The van der Waals surface area contributed by atoms with Crippen LogP contribution in [0.15, 0.2) is 0 Å². The van der Waals surface area contributed by atoms with E-state index >= 15 is 0 Å². The highest BCUT2D eigenvalue weighted by atomic mass is 32.2. The van der Waals surface area contributed by atoms with Crippen molar-refractivity contribution < 1.29 is 43.9 Å². The first-order valence-corrected chi connectivity index (χ1v) is 6.61. The maximum atomic E-state index is 13.1. The van der Waals surface area contributed by atoms with E-state index in [0.29, 0.717) is 0 Å². The van der Waals surface area contributed by atoms with Crippen LogP contribution in [0.25, 0.3) is 0 Å². The average molecular weight is 354 g/mol. The highest BCUT2D eigenvalue weighted by Crippen LogP contribution is 2.50. The lowest BCUT2D eigenvalue weighted by Crippen LogP contribution is -2.50. The van der Waals surface area contributed by atoms with Gasteiger partial charge in [0.2, 0.25) is 0 Å². The first-order chi connectivity index (χ1) is 9.12. The van der Waals surface area contributed by atoms with Crippen LogP contribution in [0.4, 0.5) is 43.9 Å². The van der Waals surface area contributed by atoms with Crippen molar-refractivity contribution in [3.05, 3.63) is 0 Å². The number of halogens is 10. The van der Waals surface area contributed by atoms with Crippen LogP contribution in [-0.4, -0.2) is 34.7 Å². The Bertz CT molecular complexity index is 300. The minimum atomic E-state index is -6.02. The third kappa shape index (κ3) is 4.32. The van der Waals surface area contributed by atoms with Gasteiger partial charge >= 0.3 is 24.2 Å². The summed E-state index contributed by atoms with van der Waals surface area (Å²) in [5, 5.41) is -5.45. The number of thioether (sulfide) groups is 1. The Morgan fingerprint density at radius 1 is 0.619 bits per heavy atom. The van der Waals surface area contributed by atoms with Gasteiger partial charge in [-0.1, -0.05) is 13.8 Å². The Morgan fingerprint density at radius 3 is 1.00 bits per heavy atom. The van der Waals surface area contributed by atoms with E-state index in [2.05, 4.69) is 0 Å². The molecule has 0 aromatic heterocycles. The molecule has 0 bridgehead atoms. The van der Waals surface area contributed by atoms with E-state index in [1.807, 2.05) is 0 Å². The van der Waals surface area contributed by atoms with Crippen molar-refractivity contribution in [3.8, 4) is 0 Å². The van der Waals surface area contributed by atoms with Gasteiger partial charge in [-0.15, -0.1) is 11.8 Å². The molecule has 21 heavy (non-hydrogen) atoms. The zero-order valence-corrected chi connectivity index (χ0v) is 11.6. The molecule has 11 heteroatoms. The summed E-state index contributed by atoms with van der Waals surface area (Å²) in [5.74, 6) is -10.7. The van der Waals surface area contributed by atoms with Gasteiger partial charge in [0.05, 0.1) is 10.5 Å².